The number of rotatable bonds is 5. The fourth-order valence-corrected chi connectivity index (χ4v) is 2.55. The van der Waals surface area contributed by atoms with Crippen LogP contribution in [0, 0.1) is 0 Å². The van der Waals surface area contributed by atoms with Crippen LogP contribution in [0.4, 0.5) is 24.5 Å². The van der Waals surface area contributed by atoms with E-state index in [-0.39, 0.29) is 23.7 Å². The highest BCUT2D eigenvalue weighted by molar-refractivity contribution is 6.30. The maximum Gasteiger partial charge on any atom is 0.418 e. The molecule has 0 aliphatic heterocycles. The largest absolute Gasteiger partial charge is 0.418 e. The molecule has 0 bridgehead atoms. The first-order valence-electron chi connectivity index (χ1n) is 7.68. The highest BCUT2D eigenvalue weighted by Gasteiger charge is 2.36. The number of hydrogen-bond acceptors (Lipinski definition) is 2. The van der Waals surface area contributed by atoms with Gasteiger partial charge in [-0.2, -0.15) is 13.2 Å². The maximum atomic E-state index is 13.3. The smallest absolute Gasteiger partial charge is 0.326 e. The molecule has 0 fully saturated rings. The Morgan fingerprint density at radius 2 is 1.77 bits per heavy atom. The van der Waals surface area contributed by atoms with E-state index in [1.54, 1.807) is 30.3 Å². The van der Waals surface area contributed by atoms with Crippen molar-refractivity contribution in [3.63, 3.8) is 0 Å². The molecule has 0 aliphatic rings. The number of nitrogens with one attached hydrogen (secondary N) is 1. The van der Waals surface area contributed by atoms with Crippen LogP contribution in [0.3, 0.4) is 0 Å². The lowest BCUT2D eigenvalue weighted by molar-refractivity contribution is -0.137. The minimum absolute atomic E-state index is 0.0913. The minimum Gasteiger partial charge on any atom is -0.326 e. The fourth-order valence-electron chi connectivity index (χ4n) is 2.38. The summed E-state index contributed by atoms with van der Waals surface area (Å²) in [5.41, 5.74) is -0.792. The molecular weight excluding hydrogens is 369 g/mol. The topological polar surface area (TPSA) is 49.4 Å². The second-order valence-corrected chi connectivity index (χ2v) is 5.93. The van der Waals surface area contributed by atoms with Crippen molar-refractivity contribution in [1.82, 2.24) is 0 Å². The molecule has 0 aliphatic carbocycles. The number of carbonyl (C=O) groups excluding carboxylic acids is 2. The van der Waals surface area contributed by atoms with Gasteiger partial charge in [-0.15, -0.1) is 0 Å². The van der Waals surface area contributed by atoms with Crippen molar-refractivity contribution in [2.45, 2.75) is 19.5 Å². The Balaban J connectivity index is 2.17. The Bertz CT molecular complexity index is 795. The van der Waals surface area contributed by atoms with Gasteiger partial charge in [-0.25, -0.2) is 0 Å². The standard InChI is InChI=1S/C18H16ClF3N2O2/c1-12(25)24(10-9-17(26)23-14-5-3-2-4-6-14)16-8-7-13(19)11-15(16)18(20,21)22/h2-8,11H,9-10H2,1H3,(H,23,26). The van der Waals surface area contributed by atoms with Crippen LogP contribution in [0.2, 0.25) is 5.02 Å². The zero-order valence-corrected chi connectivity index (χ0v) is 14.6. The van der Waals surface area contributed by atoms with Crippen molar-refractivity contribution < 1.29 is 22.8 Å². The summed E-state index contributed by atoms with van der Waals surface area (Å²) >= 11 is 5.66. The van der Waals surface area contributed by atoms with Crippen LogP contribution in [0.25, 0.3) is 0 Å². The molecule has 4 nitrogen and oxygen atoms in total. The summed E-state index contributed by atoms with van der Waals surface area (Å²) in [6, 6.07) is 11.8. The van der Waals surface area contributed by atoms with Crippen molar-refractivity contribution >= 4 is 34.8 Å². The molecule has 2 rings (SSSR count). The highest BCUT2D eigenvalue weighted by Crippen LogP contribution is 2.38. The van der Waals surface area contributed by atoms with Gasteiger partial charge in [0.25, 0.3) is 0 Å². The number of carbonyl (C=O) groups is 2. The molecule has 0 radical (unpaired) electrons. The van der Waals surface area contributed by atoms with Gasteiger partial charge >= 0.3 is 6.18 Å². The average Bonchev–Trinajstić information content (AvgIpc) is 2.56. The van der Waals surface area contributed by atoms with Gasteiger partial charge in [0.2, 0.25) is 11.8 Å². The van der Waals surface area contributed by atoms with E-state index in [0.717, 1.165) is 24.0 Å². The highest BCUT2D eigenvalue weighted by atomic mass is 35.5. The normalized spacial score (nSPS) is 11.1. The number of alkyl halides is 3. The Labute approximate surface area is 153 Å². The summed E-state index contributed by atoms with van der Waals surface area (Å²) in [6.45, 7) is 0.947. The lowest BCUT2D eigenvalue weighted by atomic mass is 10.1. The molecule has 8 heteroatoms. The molecule has 1 N–H and O–H groups in total. The molecule has 2 amide bonds. The van der Waals surface area contributed by atoms with Crippen molar-refractivity contribution in [3.05, 3.63) is 59.1 Å². The first-order valence-corrected chi connectivity index (χ1v) is 8.06. The molecule has 0 atom stereocenters. The minimum atomic E-state index is -4.68. The first kappa shape index (κ1) is 19.8. The number of benzene rings is 2. The third-order valence-electron chi connectivity index (χ3n) is 3.55. The molecule has 0 heterocycles. The van der Waals surface area contributed by atoms with Gasteiger partial charge in [0.1, 0.15) is 0 Å². The Morgan fingerprint density at radius 1 is 1.12 bits per heavy atom. The van der Waals surface area contributed by atoms with Crippen molar-refractivity contribution in [2.75, 3.05) is 16.8 Å². The molecule has 0 saturated carbocycles. The van der Waals surface area contributed by atoms with Gasteiger partial charge in [-0.3, -0.25) is 9.59 Å². The van der Waals surface area contributed by atoms with Gasteiger partial charge in [-0.05, 0) is 30.3 Å². The van der Waals surface area contributed by atoms with E-state index in [4.69, 9.17) is 11.6 Å². The van der Waals surface area contributed by atoms with Crippen molar-refractivity contribution in [3.8, 4) is 0 Å². The molecule has 0 saturated heterocycles. The number of anilines is 2. The maximum absolute atomic E-state index is 13.3. The van der Waals surface area contributed by atoms with Crippen LogP contribution in [0.15, 0.2) is 48.5 Å². The lowest BCUT2D eigenvalue weighted by Gasteiger charge is -2.25. The summed E-state index contributed by atoms with van der Waals surface area (Å²) in [5.74, 6) is -1.02. The predicted octanol–water partition coefficient (Wildman–Crippen LogP) is 4.74. The van der Waals surface area contributed by atoms with Gasteiger partial charge in [0.15, 0.2) is 0 Å². The van der Waals surface area contributed by atoms with Crippen LogP contribution in [0.5, 0.6) is 0 Å². The van der Waals surface area contributed by atoms with E-state index >= 15 is 0 Å². The molecule has 0 aromatic heterocycles. The second-order valence-electron chi connectivity index (χ2n) is 5.49. The van der Waals surface area contributed by atoms with Crippen LogP contribution >= 0.6 is 11.6 Å². The summed E-state index contributed by atoms with van der Waals surface area (Å²) in [4.78, 5) is 24.8. The van der Waals surface area contributed by atoms with Gasteiger partial charge in [0.05, 0.1) is 11.3 Å². The van der Waals surface area contributed by atoms with Gasteiger partial charge in [-0.1, -0.05) is 29.8 Å². The quantitative estimate of drug-likeness (QED) is 0.809. The van der Waals surface area contributed by atoms with Crippen molar-refractivity contribution in [2.24, 2.45) is 0 Å². The average molecular weight is 385 g/mol. The molecule has 138 valence electrons. The van der Waals surface area contributed by atoms with Gasteiger partial charge < -0.3 is 10.2 Å². The Morgan fingerprint density at radius 3 is 2.35 bits per heavy atom. The van der Waals surface area contributed by atoms with Crippen LogP contribution < -0.4 is 10.2 Å². The van der Waals surface area contributed by atoms with Gasteiger partial charge in [0, 0.05) is 30.6 Å². The van der Waals surface area contributed by atoms with Crippen LogP contribution in [-0.4, -0.2) is 18.4 Å². The Kier molecular flexibility index (Phi) is 6.26. The fraction of sp³-hybridized carbons (Fsp3) is 0.222. The summed E-state index contributed by atoms with van der Waals surface area (Å²) < 4.78 is 39.8. The number of amides is 2. The number of halogens is 4. The first-order chi connectivity index (χ1) is 12.2. The van der Waals surface area contributed by atoms with E-state index in [1.165, 1.54) is 6.07 Å². The lowest BCUT2D eigenvalue weighted by Crippen LogP contribution is -2.33. The second kappa shape index (κ2) is 8.23. The molecule has 0 unspecified atom stereocenters. The van der Waals surface area contributed by atoms with Crippen LogP contribution in [-0.2, 0) is 15.8 Å². The van der Waals surface area contributed by atoms with Crippen molar-refractivity contribution in [1.29, 1.82) is 0 Å². The number of para-hydroxylation sites is 1. The van der Waals surface area contributed by atoms with Crippen LogP contribution in [0.1, 0.15) is 18.9 Å². The predicted molar refractivity (Wildman–Crippen MR) is 94.2 cm³/mol. The van der Waals surface area contributed by atoms with E-state index in [1.807, 2.05) is 0 Å². The van der Waals surface area contributed by atoms with E-state index in [9.17, 15) is 22.8 Å². The molecule has 26 heavy (non-hydrogen) atoms. The molecule has 2 aromatic carbocycles. The number of hydrogen-bond donors (Lipinski definition) is 1. The zero-order valence-electron chi connectivity index (χ0n) is 13.8. The SMILES string of the molecule is CC(=O)N(CCC(=O)Nc1ccccc1)c1ccc(Cl)cc1C(F)(F)F. The zero-order chi connectivity index (χ0) is 19.3. The van der Waals surface area contributed by atoms with E-state index < -0.39 is 23.6 Å². The summed E-state index contributed by atoms with van der Waals surface area (Å²) in [6.07, 6.45) is -4.84. The third kappa shape index (κ3) is 5.23. The summed E-state index contributed by atoms with van der Waals surface area (Å²) in [5, 5.41) is 2.53. The summed E-state index contributed by atoms with van der Waals surface area (Å²) in [7, 11) is 0. The molecule has 0 spiro atoms. The van der Waals surface area contributed by atoms with E-state index in [0.29, 0.717) is 5.69 Å². The third-order valence-corrected chi connectivity index (χ3v) is 3.79. The number of nitrogens with zero attached hydrogens (tertiary/aromatic N) is 1. The molecular formula is C18H16ClF3N2O2. The van der Waals surface area contributed by atoms with E-state index in [2.05, 4.69) is 5.32 Å². The molecule has 2 aromatic rings. The Hall–Kier alpha value is -2.54. The monoisotopic (exact) mass is 384 g/mol.